The molecule has 0 radical (unpaired) electrons. The standard InChI is InChI=1S/C16H15N3OS/c1-11-2-4-12(5-3-11)9-17-16(20)19-14-7-6-13-10-18-21-15(13)8-14/h2-8,10H,9H2,1H3,(H2,17,19,20). The van der Waals surface area contributed by atoms with E-state index in [-0.39, 0.29) is 6.03 Å². The fraction of sp³-hybridized carbons (Fsp3) is 0.125. The molecule has 1 aromatic heterocycles. The first-order valence-electron chi connectivity index (χ1n) is 6.65. The third-order valence-corrected chi connectivity index (χ3v) is 3.95. The van der Waals surface area contributed by atoms with E-state index in [1.807, 2.05) is 55.6 Å². The maximum absolute atomic E-state index is 11.9. The first-order valence-corrected chi connectivity index (χ1v) is 7.43. The van der Waals surface area contributed by atoms with Gasteiger partial charge in [-0.15, -0.1) is 0 Å². The van der Waals surface area contributed by atoms with Gasteiger partial charge in [-0.25, -0.2) is 4.79 Å². The van der Waals surface area contributed by atoms with Gasteiger partial charge in [-0.1, -0.05) is 29.8 Å². The molecular formula is C16H15N3OS. The van der Waals surface area contributed by atoms with E-state index in [2.05, 4.69) is 15.0 Å². The van der Waals surface area contributed by atoms with Gasteiger partial charge in [0.25, 0.3) is 0 Å². The highest BCUT2D eigenvalue weighted by Crippen LogP contribution is 2.21. The van der Waals surface area contributed by atoms with Gasteiger partial charge in [0.1, 0.15) is 0 Å². The van der Waals surface area contributed by atoms with Crippen molar-refractivity contribution in [3.8, 4) is 0 Å². The molecule has 0 atom stereocenters. The molecule has 5 heteroatoms. The lowest BCUT2D eigenvalue weighted by molar-refractivity contribution is 0.251. The van der Waals surface area contributed by atoms with Gasteiger partial charge in [0, 0.05) is 23.8 Å². The van der Waals surface area contributed by atoms with E-state index in [0.29, 0.717) is 6.54 Å². The molecule has 106 valence electrons. The summed E-state index contributed by atoms with van der Waals surface area (Å²) >= 11 is 1.42. The second kappa shape index (κ2) is 5.93. The summed E-state index contributed by atoms with van der Waals surface area (Å²) in [5, 5.41) is 6.77. The van der Waals surface area contributed by atoms with Crippen molar-refractivity contribution in [3.63, 3.8) is 0 Å². The Labute approximate surface area is 127 Å². The summed E-state index contributed by atoms with van der Waals surface area (Å²) < 4.78 is 5.18. The molecule has 1 heterocycles. The van der Waals surface area contributed by atoms with Crippen molar-refractivity contribution in [1.29, 1.82) is 0 Å². The zero-order valence-corrected chi connectivity index (χ0v) is 12.4. The van der Waals surface area contributed by atoms with E-state index < -0.39 is 0 Å². The topological polar surface area (TPSA) is 54.0 Å². The van der Waals surface area contributed by atoms with Crippen LogP contribution in [0.2, 0.25) is 0 Å². The third kappa shape index (κ3) is 3.38. The van der Waals surface area contributed by atoms with E-state index in [4.69, 9.17) is 0 Å². The average Bonchev–Trinajstić information content (AvgIpc) is 2.94. The lowest BCUT2D eigenvalue weighted by Gasteiger charge is -2.08. The molecule has 4 nitrogen and oxygen atoms in total. The number of hydrogen-bond donors (Lipinski definition) is 2. The van der Waals surface area contributed by atoms with Gasteiger partial charge in [0.2, 0.25) is 0 Å². The quantitative estimate of drug-likeness (QED) is 0.769. The highest BCUT2D eigenvalue weighted by Gasteiger charge is 2.03. The fourth-order valence-corrected chi connectivity index (χ4v) is 2.69. The molecule has 0 saturated carbocycles. The summed E-state index contributed by atoms with van der Waals surface area (Å²) in [6.07, 6.45) is 1.82. The maximum atomic E-state index is 11.9. The van der Waals surface area contributed by atoms with Crippen molar-refractivity contribution in [2.24, 2.45) is 0 Å². The van der Waals surface area contributed by atoms with Crippen molar-refractivity contribution in [3.05, 3.63) is 59.8 Å². The first-order chi connectivity index (χ1) is 10.2. The van der Waals surface area contributed by atoms with Gasteiger partial charge < -0.3 is 10.6 Å². The Kier molecular flexibility index (Phi) is 3.83. The van der Waals surface area contributed by atoms with Crippen molar-refractivity contribution >= 4 is 33.3 Å². The monoisotopic (exact) mass is 297 g/mol. The zero-order chi connectivity index (χ0) is 14.7. The molecule has 0 aliphatic rings. The Morgan fingerprint density at radius 1 is 1.19 bits per heavy atom. The fourth-order valence-electron chi connectivity index (χ4n) is 2.00. The molecule has 0 unspecified atom stereocenters. The van der Waals surface area contributed by atoms with Gasteiger partial charge in [-0.3, -0.25) is 0 Å². The minimum Gasteiger partial charge on any atom is -0.334 e. The van der Waals surface area contributed by atoms with Crippen LogP contribution >= 0.6 is 11.5 Å². The van der Waals surface area contributed by atoms with Crippen molar-refractivity contribution in [2.75, 3.05) is 5.32 Å². The number of nitrogens with zero attached hydrogens (tertiary/aromatic N) is 1. The summed E-state index contributed by atoms with van der Waals surface area (Å²) in [6.45, 7) is 2.55. The number of aryl methyl sites for hydroxylation is 1. The first kappa shape index (κ1) is 13.6. The molecule has 0 bridgehead atoms. The van der Waals surface area contributed by atoms with Crippen LogP contribution in [0.4, 0.5) is 10.5 Å². The number of benzene rings is 2. The molecule has 3 aromatic rings. The zero-order valence-electron chi connectivity index (χ0n) is 11.6. The number of fused-ring (bicyclic) bond motifs is 1. The molecular weight excluding hydrogens is 282 g/mol. The van der Waals surface area contributed by atoms with E-state index in [9.17, 15) is 4.79 Å². The SMILES string of the molecule is Cc1ccc(CNC(=O)Nc2ccc3cnsc3c2)cc1. The third-order valence-electron chi connectivity index (χ3n) is 3.19. The van der Waals surface area contributed by atoms with Gasteiger partial charge in [-0.2, -0.15) is 4.37 Å². The predicted octanol–water partition coefficient (Wildman–Crippen LogP) is 3.93. The second-order valence-electron chi connectivity index (χ2n) is 4.87. The predicted molar refractivity (Wildman–Crippen MR) is 86.7 cm³/mol. The summed E-state index contributed by atoms with van der Waals surface area (Å²) in [4.78, 5) is 11.9. The smallest absolute Gasteiger partial charge is 0.319 e. The van der Waals surface area contributed by atoms with E-state index >= 15 is 0 Å². The summed E-state index contributed by atoms with van der Waals surface area (Å²) in [7, 11) is 0. The van der Waals surface area contributed by atoms with Gasteiger partial charge in [-0.05, 0) is 42.2 Å². The van der Waals surface area contributed by atoms with Crippen molar-refractivity contribution in [1.82, 2.24) is 9.69 Å². The highest BCUT2D eigenvalue weighted by molar-refractivity contribution is 7.13. The molecule has 0 saturated heterocycles. The number of anilines is 1. The number of nitrogens with one attached hydrogen (secondary N) is 2. The van der Waals surface area contributed by atoms with Crippen LogP contribution in [0, 0.1) is 6.92 Å². The second-order valence-corrected chi connectivity index (χ2v) is 5.70. The Bertz CT molecular complexity index is 765. The minimum absolute atomic E-state index is 0.209. The van der Waals surface area contributed by atoms with Crippen LogP contribution in [-0.4, -0.2) is 10.4 Å². The number of carbonyl (C=O) groups is 1. The van der Waals surface area contributed by atoms with Crippen LogP contribution in [-0.2, 0) is 6.54 Å². The van der Waals surface area contributed by atoms with Crippen molar-refractivity contribution < 1.29 is 4.79 Å². The van der Waals surface area contributed by atoms with Crippen LogP contribution in [0.15, 0.2) is 48.7 Å². The van der Waals surface area contributed by atoms with Crippen molar-refractivity contribution in [2.45, 2.75) is 13.5 Å². The molecule has 3 rings (SSSR count). The van der Waals surface area contributed by atoms with Gasteiger partial charge in [0.05, 0.1) is 4.70 Å². The molecule has 0 aliphatic carbocycles. The maximum Gasteiger partial charge on any atom is 0.319 e. The largest absolute Gasteiger partial charge is 0.334 e. The summed E-state index contributed by atoms with van der Waals surface area (Å²) in [6, 6.07) is 13.6. The van der Waals surface area contributed by atoms with E-state index in [1.54, 1.807) is 0 Å². The minimum atomic E-state index is -0.209. The summed E-state index contributed by atoms with van der Waals surface area (Å²) in [5.41, 5.74) is 3.06. The molecule has 2 N–H and O–H groups in total. The summed E-state index contributed by atoms with van der Waals surface area (Å²) in [5.74, 6) is 0. The van der Waals surface area contributed by atoms with Gasteiger partial charge in [0.15, 0.2) is 0 Å². The van der Waals surface area contributed by atoms with Crippen LogP contribution in [0.1, 0.15) is 11.1 Å². The Morgan fingerprint density at radius 2 is 2.00 bits per heavy atom. The Morgan fingerprint density at radius 3 is 2.81 bits per heavy atom. The number of aromatic nitrogens is 1. The van der Waals surface area contributed by atoms with Crippen LogP contribution < -0.4 is 10.6 Å². The van der Waals surface area contributed by atoms with E-state index in [0.717, 1.165) is 21.3 Å². The molecule has 2 aromatic carbocycles. The van der Waals surface area contributed by atoms with Crippen LogP contribution in [0.5, 0.6) is 0 Å². The molecule has 2 amide bonds. The normalized spacial score (nSPS) is 10.5. The Balaban J connectivity index is 1.59. The number of rotatable bonds is 3. The number of urea groups is 1. The number of hydrogen-bond acceptors (Lipinski definition) is 3. The highest BCUT2D eigenvalue weighted by atomic mass is 32.1. The number of amides is 2. The molecule has 0 aliphatic heterocycles. The molecule has 0 spiro atoms. The molecule has 0 fully saturated rings. The average molecular weight is 297 g/mol. The van der Waals surface area contributed by atoms with E-state index in [1.165, 1.54) is 17.1 Å². The van der Waals surface area contributed by atoms with Gasteiger partial charge >= 0.3 is 6.03 Å². The molecule has 21 heavy (non-hydrogen) atoms. The lowest BCUT2D eigenvalue weighted by atomic mass is 10.1. The van der Waals surface area contributed by atoms with Crippen LogP contribution in [0.25, 0.3) is 10.1 Å². The van der Waals surface area contributed by atoms with Crippen LogP contribution in [0.3, 0.4) is 0 Å². The Hall–Kier alpha value is -2.40. The number of carbonyl (C=O) groups excluding carboxylic acids is 1. The lowest BCUT2D eigenvalue weighted by Crippen LogP contribution is -2.28.